The molecule has 1 aliphatic heterocycles. The van der Waals surface area contributed by atoms with Crippen molar-refractivity contribution in [2.45, 2.75) is 25.8 Å². The Hall–Kier alpha value is -1.95. The fraction of sp³-hybridized carbons (Fsp3) is 0.500. The maximum Gasteiger partial charge on any atom is 0.306 e. The van der Waals surface area contributed by atoms with Crippen molar-refractivity contribution in [3.8, 4) is 0 Å². The van der Waals surface area contributed by atoms with Gasteiger partial charge in [0, 0.05) is 24.7 Å². The van der Waals surface area contributed by atoms with Gasteiger partial charge in [0.2, 0.25) is 0 Å². The highest BCUT2D eigenvalue weighted by Crippen LogP contribution is 2.21. The first-order valence-electron chi connectivity index (χ1n) is 7.45. The number of benzene rings is 1. The SMILES string of the molecule is CCOC(=O)CC1CC(N)CN(C(=O)c2ccc(F)cc2)C1. The lowest BCUT2D eigenvalue weighted by molar-refractivity contribution is -0.144. The molecule has 2 atom stereocenters. The second-order valence-corrected chi connectivity index (χ2v) is 5.59. The lowest BCUT2D eigenvalue weighted by atomic mass is 9.91. The summed E-state index contributed by atoms with van der Waals surface area (Å²) in [5.41, 5.74) is 6.42. The Morgan fingerprint density at radius 2 is 2.00 bits per heavy atom. The fourth-order valence-corrected chi connectivity index (χ4v) is 2.79. The molecular weight excluding hydrogens is 287 g/mol. The van der Waals surface area contributed by atoms with Crippen molar-refractivity contribution in [2.75, 3.05) is 19.7 Å². The van der Waals surface area contributed by atoms with Crippen molar-refractivity contribution in [3.63, 3.8) is 0 Å². The van der Waals surface area contributed by atoms with E-state index in [-0.39, 0.29) is 36.1 Å². The van der Waals surface area contributed by atoms with Gasteiger partial charge >= 0.3 is 5.97 Å². The van der Waals surface area contributed by atoms with Crippen molar-refractivity contribution < 1.29 is 18.7 Å². The Bertz CT molecular complexity index is 533. The number of halogens is 1. The summed E-state index contributed by atoms with van der Waals surface area (Å²) in [5, 5.41) is 0. The highest BCUT2D eigenvalue weighted by Gasteiger charge is 2.30. The van der Waals surface area contributed by atoms with Crippen LogP contribution in [-0.4, -0.2) is 42.5 Å². The molecule has 2 unspecified atom stereocenters. The fourth-order valence-electron chi connectivity index (χ4n) is 2.79. The number of rotatable bonds is 4. The van der Waals surface area contributed by atoms with Crippen LogP contribution < -0.4 is 5.73 Å². The first kappa shape index (κ1) is 16.4. The molecule has 0 bridgehead atoms. The number of nitrogens with two attached hydrogens (primary N) is 1. The van der Waals surface area contributed by atoms with Gasteiger partial charge in [0.05, 0.1) is 13.0 Å². The van der Waals surface area contributed by atoms with Crippen molar-refractivity contribution >= 4 is 11.9 Å². The van der Waals surface area contributed by atoms with E-state index in [0.717, 1.165) is 0 Å². The van der Waals surface area contributed by atoms with Gasteiger partial charge in [0.15, 0.2) is 0 Å². The Morgan fingerprint density at radius 3 is 2.64 bits per heavy atom. The van der Waals surface area contributed by atoms with Gasteiger partial charge in [-0.25, -0.2) is 4.39 Å². The molecule has 0 aromatic heterocycles. The summed E-state index contributed by atoms with van der Waals surface area (Å²) in [4.78, 5) is 25.7. The van der Waals surface area contributed by atoms with Crippen LogP contribution in [0.3, 0.4) is 0 Å². The molecule has 0 spiro atoms. The molecule has 0 saturated carbocycles. The molecule has 1 heterocycles. The summed E-state index contributed by atoms with van der Waals surface area (Å²) in [6, 6.07) is 5.26. The minimum absolute atomic E-state index is 0.00722. The van der Waals surface area contributed by atoms with Crippen LogP contribution in [0.5, 0.6) is 0 Å². The molecule has 120 valence electrons. The summed E-state index contributed by atoms with van der Waals surface area (Å²) in [7, 11) is 0. The normalized spacial score (nSPS) is 21.5. The number of carbonyl (C=O) groups excluding carboxylic acids is 2. The number of amides is 1. The zero-order valence-corrected chi connectivity index (χ0v) is 12.6. The molecule has 1 aliphatic rings. The zero-order chi connectivity index (χ0) is 16.1. The van der Waals surface area contributed by atoms with Crippen molar-refractivity contribution in [3.05, 3.63) is 35.6 Å². The van der Waals surface area contributed by atoms with Crippen LogP contribution in [0.1, 0.15) is 30.1 Å². The highest BCUT2D eigenvalue weighted by atomic mass is 19.1. The molecule has 5 nitrogen and oxygen atoms in total. The van der Waals surface area contributed by atoms with Crippen molar-refractivity contribution in [1.82, 2.24) is 4.90 Å². The quantitative estimate of drug-likeness (QED) is 0.857. The number of esters is 1. The van der Waals surface area contributed by atoms with Gasteiger partial charge in [-0.3, -0.25) is 9.59 Å². The standard InChI is InChI=1S/C16H21FN2O3/c1-2-22-15(20)8-11-7-14(18)10-19(9-11)16(21)12-3-5-13(17)6-4-12/h3-6,11,14H,2,7-10,18H2,1H3. The highest BCUT2D eigenvalue weighted by molar-refractivity contribution is 5.94. The third kappa shape index (κ3) is 4.27. The summed E-state index contributed by atoms with van der Waals surface area (Å²) >= 11 is 0. The van der Waals surface area contributed by atoms with E-state index in [9.17, 15) is 14.0 Å². The minimum Gasteiger partial charge on any atom is -0.466 e. The van der Waals surface area contributed by atoms with Crippen LogP contribution in [0.15, 0.2) is 24.3 Å². The lowest BCUT2D eigenvalue weighted by Crippen LogP contribution is -2.49. The summed E-state index contributed by atoms with van der Waals surface area (Å²) in [5.74, 6) is -0.848. The molecule has 1 saturated heterocycles. The third-order valence-corrected chi connectivity index (χ3v) is 3.71. The topological polar surface area (TPSA) is 72.6 Å². The van der Waals surface area contributed by atoms with E-state index in [0.29, 0.717) is 31.7 Å². The molecule has 0 radical (unpaired) electrons. The molecule has 22 heavy (non-hydrogen) atoms. The average Bonchev–Trinajstić information content (AvgIpc) is 2.47. The van der Waals surface area contributed by atoms with Gasteiger partial charge < -0.3 is 15.4 Å². The van der Waals surface area contributed by atoms with Crippen LogP contribution >= 0.6 is 0 Å². The lowest BCUT2D eigenvalue weighted by Gasteiger charge is -2.36. The van der Waals surface area contributed by atoms with E-state index >= 15 is 0 Å². The number of piperidine rings is 1. The number of hydrogen-bond donors (Lipinski definition) is 1. The largest absolute Gasteiger partial charge is 0.466 e. The van der Waals surface area contributed by atoms with Crippen LogP contribution in [0.25, 0.3) is 0 Å². The van der Waals surface area contributed by atoms with E-state index in [2.05, 4.69) is 0 Å². The van der Waals surface area contributed by atoms with E-state index in [4.69, 9.17) is 10.5 Å². The second kappa shape index (κ2) is 7.35. The molecule has 1 amide bonds. The van der Waals surface area contributed by atoms with E-state index < -0.39 is 0 Å². The van der Waals surface area contributed by atoms with Gasteiger partial charge in [0.1, 0.15) is 5.82 Å². The molecule has 2 N–H and O–H groups in total. The zero-order valence-electron chi connectivity index (χ0n) is 12.6. The van der Waals surface area contributed by atoms with E-state index in [1.54, 1.807) is 11.8 Å². The smallest absolute Gasteiger partial charge is 0.306 e. The Kier molecular flexibility index (Phi) is 5.49. The number of ether oxygens (including phenoxy) is 1. The molecule has 6 heteroatoms. The van der Waals surface area contributed by atoms with E-state index in [1.807, 2.05) is 0 Å². The first-order valence-corrected chi connectivity index (χ1v) is 7.45. The number of carbonyl (C=O) groups is 2. The van der Waals surface area contributed by atoms with Crippen LogP contribution in [0, 0.1) is 11.7 Å². The monoisotopic (exact) mass is 308 g/mol. The molecule has 1 aromatic carbocycles. The molecule has 1 fully saturated rings. The average molecular weight is 308 g/mol. The van der Waals surface area contributed by atoms with Crippen LogP contribution in [0.2, 0.25) is 0 Å². The predicted molar refractivity (Wildman–Crippen MR) is 79.6 cm³/mol. The van der Waals surface area contributed by atoms with Gasteiger partial charge in [0.25, 0.3) is 5.91 Å². The summed E-state index contributed by atoms with van der Waals surface area (Å²) < 4.78 is 17.9. The van der Waals surface area contributed by atoms with Gasteiger partial charge in [-0.2, -0.15) is 0 Å². The Labute approximate surface area is 129 Å². The van der Waals surface area contributed by atoms with Gasteiger partial charge in [-0.15, -0.1) is 0 Å². The summed E-state index contributed by atoms with van der Waals surface area (Å²) in [6.45, 7) is 3.00. The van der Waals surface area contributed by atoms with Gasteiger partial charge in [-0.1, -0.05) is 0 Å². The molecule has 0 aliphatic carbocycles. The Balaban J connectivity index is 2.02. The molecular formula is C16H21FN2O3. The first-order chi connectivity index (χ1) is 10.5. The van der Waals surface area contributed by atoms with Crippen molar-refractivity contribution in [1.29, 1.82) is 0 Å². The van der Waals surface area contributed by atoms with E-state index in [1.165, 1.54) is 24.3 Å². The summed E-state index contributed by atoms with van der Waals surface area (Å²) in [6.07, 6.45) is 0.945. The number of likely N-dealkylation sites (tertiary alicyclic amines) is 1. The maximum atomic E-state index is 12.9. The minimum atomic E-state index is -0.382. The molecule has 2 rings (SSSR count). The number of nitrogens with zero attached hydrogens (tertiary/aromatic N) is 1. The van der Waals surface area contributed by atoms with Gasteiger partial charge in [-0.05, 0) is 43.5 Å². The Morgan fingerprint density at radius 1 is 1.32 bits per heavy atom. The number of hydrogen-bond acceptors (Lipinski definition) is 4. The predicted octanol–water partition coefficient (Wildman–Crippen LogP) is 1.57. The second-order valence-electron chi connectivity index (χ2n) is 5.59. The van der Waals surface area contributed by atoms with Crippen LogP contribution in [0.4, 0.5) is 4.39 Å². The third-order valence-electron chi connectivity index (χ3n) is 3.71. The molecule has 1 aromatic rings. The van der Waals surface area contributed by atoms with Crippen LogP contribution in [-0.2, 0) is 9.53 Å². The maximum absolute atomic E-state index is 12.9. The van der Waals surface area contributed by atoms with Crippen molar-refractivity contribution in [2.24, 2.45) is 11.7 Å².